The molecule has 2 aliphatic carbocycles. The summed E-state index contributed by atoms with van der Waals surface area (Å²) in [5, 5.41) is 25.1. The van der Waals surface area contributed by atoms with Crippen LogP contribution in [-0.2, 0) is 9.59 Å². The zero-order chi connectivity index (χ0) is 37.4. The van der Waals surface area contributed by atoms with E-state index in [1.807, 2.05) is 30.3 Å². The summed E-state index contributed by atoms with van der Waals surface area (Å²) < 4.78 is 0. The van der Waals surface area contributed by atoms with Crippen molar-refractivity contribution < 1.29 is 24.3 Å². The molecule has 2 aromatic carbocycles. The molecule has 6 atom stereocenters. The number of imide groups is 1. The molecule has 4 saturated heterocycles. The molecule has 1 aromatic heterocycles. The molecule has 3 aromatic rings. The Morgan fingerprint density at radius 1 is 0.800 bits per heavy atom. The van der Waals surface area contributed by atoms with Crippen LogP contribution in [0, 0.1) is 29.6 Å². The quantitative estimate of drug-likeness (QED) is 0.240. The third kappa shape index (κ3) is 6.15. The number of nitrogens with zero attached hydrogens (tertiary/aromatic N) is 6. The predicted molar refractivity (Wildman–Crippen MR) is 206 cm³/mol. The van der Waals surface area contributed by atoms with Crippen LogP contribution in [0.3, 0.4) is 0 Å². The molecule has 10 rings (SSSR count). The third-order valence-electron chi connectivity index (χ3n) is 13.9. The maximum Gasteiger partial charge on any atom is 0.230 e. The molecule has 13 nitrogen and oxygen atoms in total. The van der Waals surface area contributed by atoms with Gasteiger partial charge in [0, 0.05) is 93.7 Å². The van der Waals surface area contributed by atoms with E-state index in [2.05, 4.69) is 46.5 Å². The number of Topliss-reactive ketones (excluding diaryl/α,β-unsaturated/α-hetero) is 2. The molecule has 5 unspecified atom stereocenters. The van der Waals surface area contributed by atoms with E-state index >= 15 is 0 Å². The van der Waals surface area contributed by atoms with E-state index in [-0.39, 0.29) is 36.1 Å². The second-order valence-corrected chi connectivity index (χ2v) is 17.0. The van der Waals surface area contributed by atoms with E-state index in [0.29, 0.717) is 40.4 Å². The maximum absolute atomic E-state index is 13.4. The number of hydrogen-bond acceptors (Lipinski definition) is 12. The Morgan fingerprint density at radius 2 is 1.64 bits per heavy atom. The van der Waals surface area contributed by atoms with Crippen LogP contribution in [0.25, 0.3) is 11.3 Å². The summed E-state index contributed by atoms with van der Waals surface area (Å²) >= 11 is 0. The number of fused-ring (bicyclic) bond motifs is 6. The minimum absolute atomic E-state index is 0.151. The number of nitrogens with one attached hydrogen (secondary N) is 2. The molecule has 1 saturated carbocycles. The summed E-state index contributed by atoms with van der Waals surface area (Å²) in [5.74, 6) is -0.0618. The molecule has 2 amide bonds. The Morgan fingerprint density at radius 3 is 2.44 bits per heavy atom. The van der Waals surface area contributed by atoms with Gasteiger partial charge in [0.25, 0.3) is 0 Å². The normalized spacial score (nSPS) is 29.6. The second kappa shape index (κ2) is 13.7. The van der Waals surface area contributed by atoms with Crippen molar-refractivity contribution in [2.45, 2.75) is 50.6 Å². The average molecular weight is 745 g/mol. The first-order valence-corrected chi connectivity index (χ1v) is 20.2. The molecular weight excluding hydrogens is 697 g/mol. The molecule has 13 heteroatoms. The highest BCUT2D eigenvalue weighted by Crippen LogP contribution is 2.44. The number of phenolic OH excluding ortho intramolecular Hbond substituents is 1. The standard InChI is InChI=1S/C42H48N8O5/c51-36-4-2-1-3-31(36)34-18-35-41(46-45-34)43-19-29-23-47(13-14-50(29)35)21-25-15-28-16-26(25)22-49(28)20-24-9-11-48(12-10-24)27-5-6-30-33(17-27)40(54)38(39(30)53)32-7-8-37(52)44-42(32)55/h1-6,17-18,24-26,28-29,32,38,51H,7-16,19-23H2,(H,43,46)(H,44,52,55)/t25?,26?,28?,29-,32?,38?/m0/s1. The first kappa shape index (κ1) is 34.6. The highest BCUT2D eigenvalue weighted by Gasteiger charge is 2.48. The van der Waals surface area contributed by atoms with Crippen LogP contribution in [0.2, 0.25) is 0 Å². The van der Waals surface area contributed by atoms with Gasteiger partial charge in [-0.15, -0.1) is 10.2 Å². The first-order chi connectivity index (χ1) is 26.8. The van der Waals surface area contributed by atoms with Gasteiger partial charge in [0.15, 0.2) is 17.4 Å². The maximum atomic E-state index is 13.4. The number of phenols is 1. The van der Waals surface area contributed by atoms with Crippen molar-refractivity contribution in [2.75, 3.05) is 74.0 Å². The van der Waals surface area contributed by atoms with Crippen LogP contribution in [0.15, 0.2) is 48.5 Å². The van der Waals surface area contributed by atoms with Crippen LogP contribution < -0.4 is 20.4 Å². The fourth-order valence-electron chi connectivity index (χ4n) is 11.0. The van der Waals surface area contributed by atoms with Crippen LogP contribution in [0.1, 0.15) is 59.2 Å². The van der Waals surface area contributed by atoms with Crippen molar-refractivity contribution in [3.05, 3.63) is 59.7 Å². The summed E-state index contributed by atoms with van der Waals surface area (Å²) in [6.07, 6.45) is 5.19. The van der Waals surface area contributed by atoms with E-state index in [4.69, 9.17) is 0 Å². The lowest BCUT2D eigenvalue weighted by atomic mass is 9.82. The van der Waals surface area contributed by atoms with Crippen molar-refractivity contribution in [1.82, 2.24) is 25.3 Å². The molecule has 7 aliphatic rings. The van der Waals surface area contributed by atoms with Gasteiger partial charge in [-0.2, -0.15) is 0 Å². The molecule has 0 radical (unpaired) electrons. The van der Waals surface area contributed by atoms with Crippen LogP contribution >= 0.6 is 0 Å². The topological polar surface area (TPSA) is 151 Å². The lowest BCUT2D eigenvalue weighted by Crippen LogP contribution is -2.58. The van der Waals surface area contributed by atoms with E-state index in [1.165, 1.54) is 25.9 Å². The van der Waals surface area contributed by atoms with Crippen molar-refractivity contribution >= 4 is 40.6 Å². The number of piperidine rings is 3. The number of ketones is 2. The molecule has 6 heterocycles. The molecule has 55 heavy (non-hydrogen) atoms. The Kier molecular flexibility index (Phi) is 8.62. The van der Waals surface area contributed by atoms with E-state index < -0.39 is 17.7 Å². The highest BCUT2D eigenvalue weighted by molar-refractivity contribution is 6.28. The summed E-state index contributed by atoms with van der Waals surface area (Å²) in [6.45, 7) is 9.25. The lowest BCUT2D eigenvalue weighted by molar-refractivity contribution is -0.137. The summed E-state index contributed by atoms with van der Waals surface area (Å²) in [5.41, 5.74) is 4.24. The number of anilines is 3. The number of aromatic hydroxyl groups is 1. The second-order valence-electron chi connectivity index (χ2n) is 17.0. The number of carbonyl (C=O) groups excluding carboxylic acids is 4. The summed E-state index contributed by atoms with van der Waals surface area (Å²) in [6, 6.07) is 16.0. The number of hydrogen-bond donors (Lipinski definition) is 3. The average Bonchev–Trinajstić information content (AvgIpc) is 3.85. The number of aromatic nitrogens is 2. The summed E-state index contributed by atoms with van der Waals surface area (Å²) in [7, 11) is 0. The number of likely N-dealkylation sites (tertiary alicyclic amines) is 1. The summed E-state index contributed by atoms with van der Waals surface area (Å²) in [4.78, 5) is 61.1. The molecule has 0 spiro atoms. The Hall–Kier alpha value is -4.88. The van der Waals surface area contributed by atoms with Crippen molar-refractivity contribution in [2.24, 2.45) is 29.6 Å². The largest absolute Gasteiger partial charge is 0.507 e. The van der Waals surface area contributed by atoms with Gasteiger partial charge in [-0.1, -0.05) is 12.1 Å². The van der Waals surface area contributed by atoms with Gasteiger partial charge in [0.2, 0.25) is 11.8 Å². The third-order valence-corrected chi connectivity index (χ3v) is 13.9. The molecule has 286 valence electrons. The molecule has 5 aliphatic heterocycles. The van der Waals surface area contributed by atoms with Crippen molar-refractivity contribution in [1.29, 1.82) is 0 Å². The van der Waals surface area contributed by atoms with Crippen LogP contribution in [-0.4, -0.2) is 119 Å². The molecule has 2 bridgehead atoms. The number of piperazine rings is 1. The minimum atomic E-state index is -1.03. The Bertz CT molecular complexity index is 2070. The number of rotatable bonds is 7. The fourth-order valence-corrected chi connectivity index (χ4v) is 11.0. The van der Waals surface area contributed by atoms with Gasteiger partial charge < -0.3 is 20.2 Å². The monoisotopic (exact) mass is 744 g/mol. The number of para-hydroxylation sites is 1. The van der Waals surface area contributed by atoms with Gasteiger partial charge in [0.1, 0.15) is 5.75 Å². The molecule has 3 N–H and O–H groups in total. The van der Waals surface area contributed by atoms with Crippen LogP contribution in [0.4, 0.5) is 17.2 Å². The zero-order valence-electron chi connectivity index (χ0n) is 31.0. The lowest BCUT2D eigenvalue weighted by Gasteiger charge is -2.47. The first-order valence-electron chi connectivity index (χ1n) is 20.2. The number of carbonyl (C=O) groups is 4. The van der Waals surface area contributed by atoms with Gasteiger partial charge >= 0.3 is 0 Å². The van der Waals surface area contributed by atoms with Gasteiger partial charge in [-0.25, -0.2) is 0 Å². The molecular formula is C42H48N8O5. The zero-order valence-corrected chi connectivity index (χ0v) is 31.0. The van der Waals surface area contributed by atoms with E-state index in [0.717, 1.165) is 87.7 Å². The fraction of sp³-hybridized carbons (Fsp3) is 0.524. The Balaban J connectivity index is 0.703. The number of benzene rings is 2. The van der Waals surface area contributed by atoms with Crippen LogP contribution in [0.5, 0.6) is 5.75 Å². The van der Waals surface area contributed by atoms with E-state index in [1.54, 1.807) is 12.1 Å². The van der Waals surface area contributed by atoms with E-state index in [9.17, 15) is 24.3 Å². The Labute approximate surface area is 320 Å². The predicted octanol–water partition coefficient (Wildman–Crippen LogP) is 3.44. The van der Waals surface area contributed by atoms with Gasteiger partial charge in [-0.3, -0.25) is 34.3 Å². The van der Waals surface area contributed by atoms with Gasteiger partial charge in [-0.05, 0) is 86.3 Å². The number of amides is 2. The SMILES string of the molecule is O=C1CCC(C2C(=O)c3ccc(N4CCC(CN5CC6CC5CC6CN5CCN6c7cc(-c8ccccc8O)nnc7NC[C@H]6C5)CC4)cc3C2=O)C(=O)N1. The molecule has 5 fully saturated rings. The smallest absolute Gasteiger partial charge is 0.230 e. The minimum Gasteiger partial charge on any atom is -0.507 e. The van der Waals surface area contributed by atoms with Crippen molar-refractivity contribution in [3.8, 4) is 17.0 Å². The highest BCUT2D eigenvalue weighted by atomic mass is 16.3. The van der Waals surface area contributed by atoms with Crippen molar-refractivity contribution in [3.63, 3.8) is 0 Å². The van der Waals surface area contributed by atoms with Gasteiger partial charge in [0.05, 0.1) is 29.3 Å².